The van der Waals surface area contributed by atoms with Crippen LogP contribution in [0.3, 0.4) is 0 Å². The van der Waals surface area contributed by atoms with Crippen molar-refractivity contribution >= 4 is 39.6 Å². The molecule has 0 saturated carbocycles. The van der Waals surface area contributed by atoms with Crippen molar-refractivity contribution in [3.63, 3.8) is 0 Å². The predicted molar refractivity (Wildman–Crippen MR) is 174 cm³/mol. The molecule has 0 aromatic heterocycles. The number of carbonyl (C=O) groups is 2. The lowest BCUT2D eigenvalue weighted by Gasteiger charge is -2.36. The molecule has 42 heavy (non-hydrogen) atoms. The fourth-order valence-electron chi connectivity index (χ4n) is 5.66. The first-order valence-corrected chi connectivity index (χ1v) is 22.7. The van der Waals surface area contributed by atoms with Crippen LogP contribution in [0.2, 0.25) is 51.4 Å². The number of anilines is 1. The number of amides is 2. The second-order valence-corrected chi connectivity index (χ2v) is 25.5. The maximum absolute atomic E-state index is 13.0. The van der Waals surface area contributed by atoms with E-state index >= 15 is 0 Å². The Labute approximate surface area is 254 Å². The first kappa shape index (κ1) is 32.3. The molecule has 4 rings (SSSR count). The standard InChI is InChI=1S/C32H50N2O6Si2/c1-9-23-22-33(31(35)38-16-18-41(3,4)5)14-12-24(23)20-29-30(40-29)26-13-15-34(32(36)39-17-19-42(6,7)8)28-11-10-25(37-2)21-27(26)28/h9-11,13,21,23-24,29-30H,1,12,14-20,22H2,2-8H3/t23-,24-,29+,30+/m0/s1. The van der Waals surface area contributed by atoms with Crippen molar-refractivity contribution in [3.05, 3.63) is 42.5 Å². The van der Waals surface area contributed by atoms with E-state index in [1.807, 2.05) is 29.2 Å². The van der Waals surface area contributed by atoms with Gasteiger partial charge in [-0.15, -0.1) is 6.58 Å². The number of nitrogens with zero attached hydrogens (tertiary/aromatic N) is 2. The van der Waals surface area contributed by atoms with E-state index in [1.165, 1.54) is 0 Å². The van der Waals surface area contributed by atoms with Crippen molar-refractivity contribution in [2.45, 2.75) is 76.4 Å². The minimum absolute atomic E-state index is 0.0315. The molecule has 0 radical (unpaired) electrons. The topological polar surface area (TPSA) is 80.8 Å². The van der Waals surface area contributed by atoms with Gasteiger partial charge in [-0.3, -0.25) is 4.90 Å². The molecule has 0 aliphatic carbocycles. The van der Waals surface area contributed by atoms with Gasteiger partial charge in [0, 0.05) is 41.3 Å². The SMILES string of the molecule is C=C[C@H]1CN(C(=O)OCC[Si](C)(C)C)CC[C@H]1C[C@H]1O[C@@H]1C1=CCN(C(=O)OCC[Si](C)(C)C)c2ccc(OC)cc21. The van der Waals surface area contributed by atoms with Gasteiger partial charge in [0.25, 0.3) is 0 Å². The molecule has 2 amide bonds. The fraction of sp³-hybridized carbons (Fsp3) is 0.625. The Bertz CT molecular complexity index is 1170. The van der Waals surface area contributed by atoms with Crippen LogP contribution in [-0.4, -0.2) is 85.4 Å². The van der Waals surface area contributed by atoms with Crippen LogP contribution in [0.1, 0.15) is 18.4 Å². The Balaban J connectivity index is 1.36. The Morgan fingerprint density at radius 3 is 2.33 bits per heavy atom. The van der Waals surface area contributed by atoms with E-state index in [4.69, 9.17) is 18.9 Å². The highest BCUT2D eigenvalue weighted by atomic mass is 28.3. The third kappa shape index (κ3) is 8.51. The third-order valence-electron chi connectivity index (χ3n) is 8.47. The highest BCUT2D eigenvalue weighted by molar-refractivity contribution is 6.76. The zero-order valence-corrected chi connectivity index (χ0v) is 28.6. The van der Waals surface area contributed by atoms with E-state index in [2.05, 4.69) is 51.9 Å². The zero-order valence-electron chi connectivity index (χ0n) is 26.6. The number of fused-ring (bicyclic) bond motifs is 1. The second kappa shape index (κ2) is 13.4. The molecule has 4 atom stereocenters. The van der Waals surface area contributed by atoms with Gasteiger partial charge in [0.15, 0.2) is 0 Å². The molecular weight excluding hydrogens is 565 g/mol. The van der Waals surface area contributed by atoms with Crippen LogP contribution in [0.5, 0.6) is 5.75 Å². The second-order valence-electron chi connectivity index (χ2n) is 14.2. The number of hydrogen-bond acceptors (Lipinski definition) is 6. The van der Waals surface area contributed by atoms with Gasteiger partial charge in [0.05, 0.1) is 32.1 Å². The largest absolute Gasteiger partial charge is 0.497 e. The number of rotatable bonds is 11. The van der Waals surface area contributed by atoms with Crippen molar-refractivity contribution in [3.8, 4) is 5.75 Å². The molecule has 0 bridgehead atoms. The molecule has 3 heterocycles. The number of hydrogen-bond donors (Lipinski definition) is 0. The number of likely N-dealkylation sites (tertiary alicyclic amines) is 1. The summed E-state index contributed by atoms with van der Waals surface area (Å²) in [6.07, 6.45) is 5.41. The van der Waals surface area contributed by atoms with Gasteiger partial charge in [-0.25, -0.2) is 9.59 Å². The molecule has 232 valence electrons. The van der Waals surface area contributed by atoms with Crippen LogP contribution in [0.15, 0.2) is 36.9 Å². The summed E-state index contributed by atoms with van der Waals surface area (Å²) in [7, 11) is -0.901. The minimum atomic E-state index is -1.30. The molecule has 0 unspecified atom stereocenters. The molecule has 1 aromatic carbocycles. The molecule has 10 heteroatoms. The van der Waals surface area contributed by atoms with Crippen LogP contribution in [-0.2, 0) is 14.2 Å². The Kier molecular flexibility index (Phi) is 10.3. The first-order chi connectivity index (χ1) is 19.8. The van der Waals surface area contributed by atoms with E-state index < -0.39 is 16.1 Å². The summed E-state index contributed by atoms with van der Waals surface area (Å²) in [5, 5.41) is 0. The monoisotopic (exact) mass is 614 g/mol. The molecule has 1 aromatic rings. The minimum Gasteiger partial charge on any atom is -0.497 e. The molecule has 8 nitrogen and oxygen atoms in total. The molecular formula is C32H50N2O6Si2. The zero-order chi connectivity index (χ0) is 30.7. The van der Waals surface area contributed by atoms with Crippen molar-refractivity contribution in [2.24, 2.45) is 11.8 Å². The lowest BCUT2D eigenvalue weighted by Crippen LogP contribution is -2.44. The maximum Gasteiger partial charge on any atom is 0.414 e. The summed E-state index contributed by atoms with van der Waals surface area (Å²) in [6, 6.07) is 7.71. The molecule has 2 saturated heterocycles. The van der Waals surface area contributed by atoms with Crippen LogP contribution in [0, 0.1) is 11.8 Å². The summed E-state index contributed by atoms with van der Waals surface area (Å²) < 4.78 is 23.1. The number of piperidine rings is 1. The molecule has 3 aliphatic heterocycles. The number of carbonyl (C=O) groups excluding carboxylic acids is 2. The number of epoxide rings is 1. The fourth-order valence-corrected chi connectivity index (χ4v) is 7.09. The molecule has 0 N–H and O–H groups in total. The highest BCUT2D eigenvalue weighted by Gasteiger charge is 2.46. The average molecular weight is 615 g/mol. The predicted octanol–water partition coefficient (Wildman–Crippen LogP) is 7.13. The Morgan fingerprint density at radius 2 is 1.71 bits per heavy atom. The van der Waals surface area contributed by atoms with E-state index in [1.54, 1.807) is 12.0 Å². The highest BCUT2D eigenvalue weighted by Crippen LogP contribution is 2.46. The lowest BCUT2D eigenvalue weighted by molar-refractivity contribution is 0.0777. The normalized spacial score (nSPS) is 23.9. The Hall–Kier alpha value is -2.57. The number of benzene rings is 1. The van der Waals surface area contributed by atoms with Crippen molar-refractivity contribution < 1.29 is 28.5 Å². The van der Waals surface area contributed by atoms with Crippen molar-refractivity contribution in [2.75, 3.05) is 44.9 Å². The van der Waals surface area contributed by atoms with E-state index in [9.17, 15) is 9.59 Å². The van der Waals surface area contributed by atoms with Crippen LogP contribution >= 0.6 is 0 Å². The molecule has 3 aliphatic rings. The average Bonchev–Trinajstić information content (AvgIpc) is 3.69. The summed E-state index contributed by atoms with van der Waals surface area (Å²) in [5.41, 5.74) is 2.87. The summed E-state index contributed by atoms with van der Waals surface area (Å²) >= 11 is 0. The smallest absolute Gasteiger partial charge is 0.414 e. The molecule has 2 fully saturated rings. The van der Waals surface area contributed by atoms with Crippen molar-refractivity contribution in [1.29, 1.82) is 0 Å². The van der Waals surface area contributed by atoms with Gasteiger partial charge < -0.3 is 23.8 Å². The van der Waals surface area contributed by atoms with Gasteiger partial charge >= 0.3 is 12.2 Å². The quantitative estimate of drug-likeness (QED) is 0.150. The number of methoxy groups -OCH3 is 1. The van der Waals surface area contributed by atoms with Gasteiger partial charge in [0.1, 0.15) is 11.9 Å². The third-order valence-corrected chi connectivity index (χ3v) is 11.9. The summed E-state index contributed by atoms with van der Waals surface area (Å²) in [4.78, 5) is 29.3. The van der Waals surface area contributed by atoms with Gasteiger partial charge in [0.2, 0.25) is 0 Å². The van der Waals surface area contributed by atoms with E-state index in [-0.39, 0.29) is 30.3 Å². The van der Waals surface area contributed by atoms with Crippen LogP contribution in [0.25, 0.3) is 5.57 Å². The van der Waals surface area contributed by atoms with E-state index in [0.29, 0.717) is 38.8 Å². The summed E-state index contributed by atoms with van der Waals surface area (Å²) in [6.45, 7) is 20.5. The van der Waals surface area contributed by atoms with Crippen molar-refractivity contribution in [1.82, 2.24) is 4.90 Å². The van der Waals surface area contributed by atoms with Crippen LogP contribution in [0.4, 0.5) is 15.3 Å². The Morgan fingerprint density at radius 1 is 1.05 bits per heavy atom. The van der Waals surface area contributed by atoms with Gasteiger partial charge in [-0.2, -0.15) is 0 Å². The van der Waals surface area contributed by atoms with Gasteiger partial charge in [-0.1, -0.05) is 51.4 Å². The molecule has 0 spiro atoms. The van der Waals surface area contributed by atoms with Crippen LogP contribution < -0.4 is 9.64 Å². The first-order valence-electron chi connectivity index (χ1n) is 15.3. The van der Waals surface area contributed by atoms with Gasteiger partial charge in [-0.05, 0) is 60.5 Å². The number of ether oxygens (including phenoxy) is 4. The van der Waals surface area contributed by atoms with E-state index in [0.717, 1.165) is 47.5 Å². The maximum atomic E-state index is 13.0. The lowest BCUT2D eigenvalue weighted by atomic mass is 9.81. The summed E-state index contributed by atoms with van der Waals surface area (Å²) in [5.74, 6) is 1.32.